The topological polar surface area (TPSA) is 86.8 Å². The molecular weight excluding hydrogens is 545 g/mol. The summed E-state index contributed by atoms with van der Waals surface area (Å²) in [5.41, 5.74) is 2.71. The fraction of sp³-hybridized carbons (Fsp3) is 0.286. The summed E-state index contributed by atoms with van der Waals surface area (Å²) < 4.78 is 28.7. The molecule has 1 atom stereocenters. The lowest BCUT2D eigenvalue weighted by Gasteiger charge is -2.32. The van der Waals surface area contributed by atoms with Crippen molar-refractivity contribution >= 4 is 50.7 Å². The van der Waals surface area contributed by atoms with Gasteiger partial charge in [0.05, 0.1) is 20.6 Å². The number of nitrogens with zero attached hydrogens (tertiary/aromatic N) is 2. The van der Waals surface area contributed by atoms with Crippen LogP contribution in [0.1, 0.15) is 30.5 Å². The maximum atomic E-state index is 13.9. The lowest BCUT2D eigenvalue weighted by molar-refractivity contribution is -0.139. The molecule has 0 unspecified atom stereocenters. The van der Waals surface area contributed by atoms with Gasteiger partial charge in [0.1, 0.15) is 12.6 Å². The van der Waals surface area contributed by atoms with E-state index in [9.17, 15) is 18.0 Å². The molecule has 202 valence electrons. The predicted molar refractivity (Wildman–Crippen MR) is 152 cm³/mol. The summed E-state index contributed by atoms with van der Waals surface area (Å²) in [6.07, 6.45) is 0. The first-order valence-corrected chi connectivity index (χ1v) is 14.3. The number of halogens is 2. The minimum Gasteiger partial charge on any atom is -0.355 e. The highest BCUT2D eigenvalue weighted by Gasteiger charge is 2.32. The molecule has 3 rings (SSSR count). The zero-order chi connectivity index (χ0) is 28.0. The highest BCUT2D eigenvalue weighted by atomic mass is 35.5. The fourth-order valence-electron chi connectivity index (χ4n) is 4.08. The van der Waals surface area contributed by atoms with Gasteiger partial charge in [-0.2, -0.15) is 0 Å². The Balaban J connectivity index is 2.06. The average Bonchev–Trinajstić information content (AvgIpc) is 2.87. The van der Waals surface area contributed by atoms with E-state index in [1.165, 1.54) is 17.0 Å². The molecule has 0 aliphatic carbocycles. The molecule has 38 heavy (non-hydrogen) atoms. The van der Waals surface area contributed by atoms with Crippen LogP contribution in [0.4, 0.5) is 5.69 Å². The summed E-state index contributed by atoms with van der Waals surface area (Å²) in [4.78, 5) is 28.0. The molecule has 3 aromatic rings. The molecule has 0 saturated carbocycles. The quantitative estimate of drug-likeness (QED) is 0.352. The lowest BCUT2D eigenvalue weighted by atomic mass is 10.1. The van der Waals surface area contributed by atoms with Gasteiger partial charge in [0.2, 0.25) is 11.8 Å². The van der Waals surface area contributed by atoms with E-state index < -0.39 is 28.5 Å². The zero-order valence-corrected chi connectivity index (χ0v) is 24.1. The van der Waals surface area contributed by atoms with Crippen molar-refractivity contribution in [2.24, 2.45) is 0 Å². The molecule has 0 radical (unpaired) electrons. The van der Waals surface area contributed by atoms with Gasteiger partial charge in [0, 0.05) is 13.1 Å². The van der Waals surface area contributed by atoms with Crippen LogP contribution in [0.3, 0.4) is 0 Å². The molecule has 0 aromatic heterocycles. The van der Waals surface area contributed by atoms with E-state index in [-0.39, 0.29) is 17.3 Å². The molecule has 1 N–H and O–H groups in total. The highest BCUT2D eigenvalue weighted by molar-refractivity contribution is 7.92. The van der Waals surface area contributed by atoms with Gasteiger partial charge in [-0.3, -0.25) is 13.9 Å². The third-order valence-corrected chi connectivity index (χ3v) is 8.49. The minimum atomic E-state index is -4.11. The third-order valence-electron chi connectivity index (χ3n) is 5.96. The summed E-state index contributed by atoms with van der Waals surface area (Å²) in [5.74, 6) is -0.904. The SMILES string of the molecule is CCNC(=O)[C@@H](C)N(Cc1ccc(Cl)c(Cl)c1)C(=O)CN(c1cc(C)cc(C)c1)S(=O)(=O)c1ccccc1. The van der Waals surface area contributed by atoms with Crippen LogP contribution in [-0.4, -0.2) is 44.3 Å². The molecule has 2 amide bonds. The summed E-state index contributed by atoms with van der Waals surface area (Å²) in [5, 5.41) is 3.40. The summed E-state index contributed by atoms with van der Waals surface area (Å²) >= 11 is 12.2. The molecule has 7 nitrogen and oxygen atoms in total. The molecule has 10 heteroatoms. The van der Waals surface area contributed by atoms with Crippen molar-refractivity contribution in [3.63, 3.8) is 0 Å². The number of hydrogen-bond donors (Lipinski definition) is 1. The number of amides is 2. The van der Waals surface area contributed by atoms with Crippen LogP contribution in [0, 0.1) is 13.8 Å². The number of sulfonamides is 1. The number of carbonyl (C=O) groups is 2. The number of anilines is 1. The molecule has 0 aliphatic rings. The normalized spacial score (nSPS) is 12.1. The molecule has 0 saturated heterocycles. The van der Waals surface area contributed by atoms with E-state index >= 15 is 0 Å². The van der Waals surface area contributed by atoms with Crippen LogP contribution in [0.15, 0.2) is 71.6 Å². The van der Waals surface area contributed by atoms with Gasteiger partial charge in [0.25, 0.3) is 10.0 Å². The molecular formula is C28H31Cl2N3O4S. The number of hydrogen-bond acceptors (Lipinski definition) is 4. The molecule has 0 bridgehead atoms. The van der Waals surface area contributed by atoms with Crippen LogP contribution in [0.5, 0.6) is 0 Å². The van der Waals surface area contributed by atoms with Gasteiger partial charge in [-0.1, -0.05) is 53.5 Å². The van der Waals surface area contributed by atoms with Crippen LogP contribution in [0.2, 0.25) is 10.0 Å². The van der Waals surface area contributed by atoms with Crippen LogP contribution in [0.25, 0.3) is 0 Å². The third kappa shape index (κ3) is 7.07. The standard InChI is InChI=1S/C28H31Cl2N3O4S/c1-5-31-28(35)21(4)32(17-22-11-12-25(29)26(30)16-22)27(34)18-33(23-14-19(2)13-20(3)15-23)38(36,37)24-9-7-6-8-10-24/h6-16,21H,5,17-18H2,1-4H3,(H,31,35)/t21-/m1/s1. The number of rotatable bonds is 10. The summed E-state index contributed by atoms with van der Waals surface area (Å²) in [6.45, 7) is 7.01. The van der Waals surface area contributed by atoms with E-state index in [1.54, 1.807) is 62.4 Å². The number of aryl methyl sites for hydroxylation is 2. The van der Waals surface area contributed by atoms with Gasteiger partial charge in [0.15, 0.2) is 0 Å². The summed E-state index contributed by atoms with van der Waals surface area (Å²) in [6, 6.07) is 17.4. The Kier molecular flexibility index (Phi) is 9.82. The molecule has 0 spiro atoms. The first-order valence-electron chi connectivity index (χ1n) is 12.1. The van der Waals surface area contributed by atoms with Crippen molar-refractivity contribution in [1.29, 1.82) is 0 Å². The van der Waals surface area contributed by atoms with Gasteiger partial charge in [-0.05, 0) is 80.8 Å². The van der Waals surface area contributed by atoms with Crippen LogP contribution < -0.4 is 9.62 Å². The monoisotopic (exact) mass is 575 g/mol. The Morgan fingerprint density at radius 2 is 1.55 bits per heavy atom. The molecule has 0 aliphatic heterocycles. The number of likely N-dealkylation sites (N-methyl/N-ethyl adjacent to an activating group) is 1. The largest absolute Gasteiger partial charge is 0.355 e. The molecule has 0 fully saturated rings. The zero-order valence-electron chi connectivity index (χ0n) is 21.7. The number of benzene rings is 3. The van der Waals surface area contributed by atoms with Crippen molar-refractivity contribution in [3.8, 4) is 0 Å². The second kappa shape index (κ2) is 12.7. The van der Waals surface area contributed by atoms with E-state index in [0.717, 1.165) is 15.4 Å². The Labute approximate surface area is 234 Å². The van der Waals surface area contributed by atoms with Crippen LogP contribution >= 0.6 is 23.2 Å². The summed E-state index contributed by atoms with van der Waals surface area (Å²) in [7, 11) is -4.11. The second-order valence-corrected chi connectivity index (χ2v) is 11.7. The van der Waals surface area contributed by atoms with Crippen molar-refractivity contribution < 1.29 is 18.0 Å². The Morgan fingerprint density at radius 3 is 2.13 bits per heavy atom. The fourth-order valence-corrected chi connectivity index (χ4v) is 5.82. The Bertz CT molecular complexity index is 1390. The Hall–Kier alpha value is -3.07. The van der Waals surface area contributed by atoms with E-state index in [4.69, 9.17) is 23.2 Å². The van der Waals surface area contributed by atoms with Crippen molar-refractivity contribution in [2.75, 3.05) is 17.4 Å². The minimum absolute atomic E-state index is 0.0279. The smallest absolute Gasteiger partial charge is 0.264 e. The van der Waals surface area contributed by atoms with E-state index in [0.29, 0.717) is 27.8 Å². The number of nitrogens with one attached hydrogen (secondary N) is 1. The maximum Gasteiger partial charge on any atom is 0.264 e. The molecule has 3 aromatic carbocycles. The Morgan fingerprint density at radius 1 is 0.921 bits per heavy atom. The van der Waals surface area contributed by atoms with Gasteiger partial charge < -0.3 is 10.2 Å². The van der Waals surface area contributed by atoms with Crippen molar-refractivity contribution in [2.45, 2.75) is 45.2 Å². The van der Waals surface area contributed by atoms with E-state index in [1.807, 2.05) is 19.9 Å². The van der Waals surface area contributed by atoms with Gasteiger partial charge in [-0.25, -0.2) is 8.42 Å². The van der Waals surface area contributed by atoms with Crippen LogP contribution in [-0.2, 0) is 26.2 Å². The maximum absolute atomic E-state index is 13.9. The first-order chi connectivity index (χ1) is 17.9. The highest BCUT2D eigenvalue weighted by Crippen LogP contribution is 2.27. The average molecular weight is 577 g/mol. The van der Waals surface area contributed by atoms with Crippen molar-refractivity contribution in [3.05, 3.63) is 93.5 Å². The molecule has 0 heterocycles. The predicted octanol–water partition coefficient (Wildman–Crippen LogP) is 5.36. The van der Waals surface area contributed by atoms with Gasteiger partial charge in [-0.15, -0.1) is 0 Å². The van der Waals surface area contributed by atoms with Crippen molar-refractivity contribution in [1.82, 2.24) is 10.2 Å². The second-order valence-electron chi connectivity index (χ2n) is 9.01. The van der Waals surface area contributed by atoms with E-state index in [2.05, 4.69) is 5.32 Å². The van der Waals surface area contributed by atoms with Gasteiger partial charge >= 0.3 is 0 Å². The lowest BCUT2D eigenvalue weighted by Crippen LogP contribution is -2.51. The first kappa shape index (κ1) is 29.5. The number of carbonyl (C=O) groups excluding carboxylic acids is 2.